The van der Waals surface area contributed by atoms with E-state index in [1.54, 1.807) is 0 Å². The lowest BCUT2D eigenvalue weighted by atomic mass is 9.95. The van der Waals surface area contributed by atoms with Crippen molar-refractivity contribution >= 4 is 22.9 Å². The van der Waals surface area contributed by atoms with E-state index in [0.29, 0.717) is 12.0 Å². The summed E-state index contributed by atoms with van der Waals surface area (Å²) in [5.74, 6) is 4.44. The highest BCUT2D eigenvalue weighted by molar-refractivity contribution is 7.99. The van der Waals surface area contributed by atoms with Crippen LogP contribution in [-0.2, 0) is 0 Å². The van der Waals surface area contributed by atoms with Gasteiger partial charge in [0.2, 0.25) is 0 Å². The van der Waals surface area contributed by atoms with Crippen LogP contribution in [0, 0.1) is 0 Å². The zero-order valence-corrected chi connectivity index (χ0v) is 14.1. The van der Waals surface area contributed by atoms with Gasteiger partial charge < -0.3 is 9.47 Å². The molecule has 0 bridgehead atoms. The molecule has 2 aliphatic rings. The zero-order valence-electron chi connectivity index (χ0n) is 13.2. The molecule has 22 heavy (non-hydrogen) atoms. The predicted molar refractivity (Wildman–Crippen MR) is 92.6 cm³/mol. The monoisotopic (exact) mass is 316 g/mol. The molecule has 0 aromatic carbocycles. The summed E-state index contributed by atoms with van der Waals surface area (Å²) in [5, 5.41) is 0. The lowest BCUT2D eigenvalue weighted by molar-refractivity contribution is 0.246. The van der Waals surface area contributed by atoms with E-state index in [2.05, 4.69) is 39.3 Å². The van der Waals surface area contributed by atoms with Crippen LogP contribution < -0.4 is 0 Å². The Morgan fingerprint density at radius 1 is 1.14 bits per heavy atom. The van der Waals surface area contributed by atoms with Crippen molar-refractivity contribution in [1.29, 1.82) is 0 Å². The van der Waals surface area contributed by atoms with E-state index in [1.807, 2.05) is 12.3 Å². The molecular weight excluding hydrogens is 292 g/mol. The summed E-state index contributed by atoms with van der Waals surface area (Å²) in [5.41, 5.74) is 2.18. The first kappa shape index (κ1) is 14.5. The third-order valence-electron chi connectivity index (χ3n) is 5.12. The first-order valence-corrected chi connectivity index (χ1v) is 9.57. The summed E-state index contributed by atoms with van der Waals surface area (Å²) in [6.45, 7) is 2.36. The maximum atomic E-state index is 5.01. The van der Waals surface area contributed by atoms with Crippen molar-refractivity contribution < 1.29 is 0 Å². The number of fused-ring (bicyclic) bond motifs is 1. The van der Waals surface area contributed by atoms with Crippen molar-refractivity contribution in [1.82, 2.24) is 19.4 Å². The number of nitrogens with zero attached hydrogens (tertiary/aromatic N) is 4. The van der Waals surface area contributed by atoms with Crippen molar-refractivity contribution in [3.63, 3.8) is 0 Å². The minimum atomic E-state index is 0.593. The molecule has 0 saturated carbocycles. The topological polar surface area (TPSA) is 34.0 Å². The fourth-order valence-corrected chi connectivity index (χ4v) is 4.89. The van der Waals surface area contributed by atoms with Crippen LogP contribution >= 0.6 is 11.8 Å². The normalized spacial score (nSPS) is 22.4. The fraction of sp³-hybridized carbons (Fsp3) is 0.647. The Bertz CT molecular complexity index is 639. The second-order valence-corrected chi connectivity index (χ2v) is 7.83. The third-order valence-corrected chi connectivity index (χ3v) is 6.16. The van der Waals surface area contributed by atoms with Crippen LogP contribution in [0.5, 0.6) is 0 Å². The number of pyridine rings is 1. The van der Waals surface area contributed by atoms with E-state index in [9.17, 15) is 0 Å². The number of piperidine rings is 1. The first-order valence-electron chi connectivity index (χ1n) is 8.42. The molecule has 0 spiro atoms. The largest absolute Gasteiger partial charge is 0.309 e. The number of likely N-dealkylation sites (tertiary alicyclic amines) is 1. The summed E-state index contributed by atoms with van der Waals surface area (Å²) in [6.07, 6.45) is 6.87. The molecule has 5 heteroatoms. The lowest BCUT2D eigenvalue weighted by Crippen LogP contribution is -2.31. The molecule has 118 valence electrons. The van der Waals surface area contributed by atoms with Crippen molar-refractivity contribution in [2.24, 2.45) is 0 Å². The van der Waals surface area contributed by atoms with Crippen molar-refractivity contribution in [3.8, 4) is 0 Å². The second kappa shape index (κ2) is 6.20. The van der Waals surface area contributed by atoms with Gasteiger partial charge in [0, 0.05) is 18.2 Å². The molecule has 2 aromatic heterocycles. The number of rotatable bonds is 2. The molecule has 4 heterocycles. The van der Waals surface area contributed by atoms with Crippen LogP contribution in [0.1, 0.15) is 43.5 Å². The van der Waals surface area contributed by atoms with Crippen LogP contribution in [-0.4, -0.2) is 51.1 Å². The van der Waals surface area contributed by atoms with Gasteiger partial charge in [0.15, 0.2) is 5.65 Å². The Morgan fingerprint density at radius 3 is 2.68 bits per heavy atom. The Morgan fingerprint density at radius 2 is 1.91 bits per heavy atom. The molecule has 0 aliphatic carbocycles. The molecule has 4 rings (SSSR count). The molecule has 2 aliphatic heterocycles. The third kappa shape index (κ3) is 2.65. The zero-order chi connectivity index (χ0) is 14.9. The number of thioether (sulfide) groups is 1. The van der Waals surface area contributed by atoms with Gasteiger partial charge in [-0.2, -0.15) is 11.8 Å². The Labute approximate surface area is 136 Å². The van der Waals surface area contributed by atoms with Crippen LogP contribution in [0.2, 0.25) is 0 Å². The van der Waals surface area contributed by atoms with Crippen LogP contribution in [0.3, 0.4) is 0 Å². The number of hydrogen-bond donors (Lipinski definition) is 0. The van der Waals surface area contributed by atoms with Gasteiger partial charge in [0.1, 0.15) is 11.3 Å². The van der Waals surface area contributed by atoms with E-state index >= 15 is 0 Å². The number of hydrogen-bond acceptors (Lipinski definition) is 4. The van der Waals surface area contributed by atoms with Crippen molar-refractivity contribution in [2.45, 2.75) is 37.6 Å². The van der Waals surface area contributed by atoms with Gasteiger partial charge in [-0.15, -0.1) is 0 Å². The summed E-state index contributed by atoms with van der Waals surface area (Å²) in [7, 11) is 2.22. The van der Waals surface area contributed by atoms with Gasteiger partial charge in [0.05, 0.1) is 0 Å². The molecule has 4 nitrogen and oxygen atoms in total. The highest BCUT2D eigenvalue weighted by Gasteiger charge is 2.28. The van der Waals surface area contributed by atoms with Crippen LogP contribution in [0.15, 0.2) is 18.3 Å². The fourth-order valence-electron chi connectivity index (χ4n) is 3.81. The molecule has 2 fully saturated rings. The minimum Gasteiger partial charge on any atom is -0.309 e. The first-order chi connectivity index (χ1) is 10.8. The molecule has 0 unspecified atom stereocenters. The van der Waals surface area contributed by atoms with E-state index in [-0.39, 0.29) is 0 Å². The van der Waals surface area contributed by atoms with Crippen LogP contribution in [0.25, 0.3) is 11.2 Å². The Balaban J connectivity index is 1.75. The Hall–Kier alpha value is -1.07. The van der Waals surface area contributed by atoms with E-state index < -0.39 is 0 Å². The van der Waals surface area contributed by atoms with E-state index in [1.165, 1.54) is 56.1 Å². The number of aromatic nitrogens is 3. The quantitative estimate of drug-likeness (QED) is 0.851. The van der Waals surface area contributed by atoms with Crippen molar-refractivity contribution in [2.75, 3.05) is 31.6 Å². The maximum absolute atomic E-state index is 5.01. The predicted octanol–water partition coefficient (Wildman–Crippen LogP) is 3.31. The molecule has 0 N–H and O–H groups in total. The molecule has 0 radical (unpaired) electrons. The average Bonchev–Trinajstić information content (AvgIpc) is 2.96. The van der Waals surface area contributed by atoms with Gasteiger partial charge in [0.25, 0.3) is 0 Å². The lowest BCUT2D eigenvalue weighted by Gasteiger charge is -2.31. The van der Waals surface area contributed by atoms with Gasteiger partial charge in [-0.1, -0.05) is 0 Å². The maximum Gasteiger partial charge on any atom is 0.160 e. The molecule has 2 aromatic rings. The van der Waals surface area contributed by atoms with Crippen molar-refractivity contribution in [3.05, 3.63) is 24.2 Å². The smallest absolute Gasteiger partial charge is 0.160 e. The molecule has 0 amide bonds. The molecular formula is C17H24N4S. The van der Waals surface area contributed by atoms with E-state index in [4.69, 9.17) is 4.98 Å². The van der Waals surface area contributed by atoms with Gasteiger partial charge in [-0.05, 0) is 69.5 Å². The minimum absolute atomic E-state index is 0.593. The average molecular weight is 316 g/mol. The Kier molecular flexibility index (Phi) is 4.09. The molecule has 2 saturated heterocycles. The molecule has 0 atom stereocenters. The van der Waals surface area contributed by atoms with Gasteiger partial charge in [-0.3, -0.25) is 0 Å². The summed E-state index contributed by atoms with van der Waals surface area (Å²) >= 11 is 2.08. The summed E-state index contributed by atoms with van der Waals surface area (Å²) in [4.78, 5) is 12.1. The van der Waals surface area contributed by atoms with Gasteiger partial charge >= 0.3 is 0 Å². The van der Waals surface area contributed by atoms with Gasteiger partial charge in [-0.25, -0.2) is 9.97 Å². The van der Waals surface area contributed by atoms with E-state index in [0.717, 1.165) is 11.2 Å². The van der Waals surface area contributed by atoms with Crippen LogP contribution in [0.4, 0.5) is 0 Å². The second-order valence-electron chi connectivity index (χ2n) is 6.61. The number of imidazole rings is 1. The summed E-state index contributed by atoms with van der Waals surface area (Å²) < 4.78 is 2.50. The highest BCUT2D eigenvalue weighted by atomic mass is 32.2. The standard InChI is InChI=1S/C17H24N4S/c1-20-9-4-13(5-10-20)16-19-15-3-2-8-18-17(15)21(16)14-6-11-22-12-7-14/h2-3,8,13-14H,4-7,9-12H2,1H3. The highest BCUT2D eigenvalue weighted by Crippen LogP contribution is 2.36. The summed E-state index contributed by atoms with van der Waals surface area (Å²) in [6, 6.07) is 4.72. The SMILES string of the molecule is CN1CCC(c2nc3cccnc3n2C2CCSCC2)CC1.